The van der Waals surface area contributed by atoms with Gasteiger partial charge in [0, 0.05) is 57.2 Å². The highest BCUT2D eigenvalue weighted by Gasteiger charge is 2.31. The first-order chi connectivity index (χ1) is 15.9. The second-order valence-electron chi connectivity index (χ2n) is 8.80. The number of aromatic nitrogens is 5. The Morgan fingerprint density at radius 1 is 1.09 bits per heavy atom. The van der Waals surface area contributed by atoms with Crippen molar-refractivity contribution >= 4 is 27.8 Å². The maximum atomic E-state index is 12.7. The van der Waals surface area contributed by atoms with Crippen LogP contribution in [0.2, 0.25) is 0 Å². The van der Waals surface area contributed by atoms with Crippen LogP contribution in [0, 0.1) is 11.3 Å². The molecule has 1 fully saturated rings. The van der Waals surface area contributed by atoms with Gasteiger partial charge in [-0.25, -0.2) is 0 Å². The summed E-state index contributed by atoms with van der Waals surface area (Å²) in [5.41, 5.74) is 5.28. The lowest BCUT2D eigenvalue weighted by Gasteiger charge is -2.45. The largest absolute Gasteiger partial charge is 0.364 e. The Bertz CT molecular complexity index is 1430. The monoisotopic (exact) mass is 442 g/mol. The molecule has 5 rings (SSSR count). The molecule has 2 atom stereocenters. The molecule has 1 aliphatic rings. The Hall–Kier alpha value is -3.77. The zero-order chi connectivity index (χ0) is 23.1. The van der Waals surface area contributed by atoms with Gasteiger partial charge in [0.1, 0.15) is 12.1 Å². The summed E-state index contributed by atoms with van der Waals surface area (Å²) in [6, 6.07) is 10.5. The van der Waals surface area contributed by atoms with E-state index in [1.807, 2.05) is 6.07 Å². The Labute approximate surface area is 191 Å². The lowest BCUT2D eigenvalue weighted by molar-refractivity contribution is 0.158. The van der Waals surface area contributed by atoms with E-state index in [0.29, 0.717) is 0 Å². The van der Waals surface area contributed by atoms with Crippen LogP contribution in [0.1, 0.15) is 19.4 Å². The molecule has 1 aliphatic heterocycles. The van der Waals surface area contributed by atoms with Crippen molar-refractivity contribution in [2.75, 3.05) is 18.0 Å². The van der Waals surface area contributed by atoms with Crippen molar-refractivity contribution in [3.63, 3.8) is 0 Å². The predicted molar refractivity (Wildman–Crippen MR) is 127 cm³/mol. The first kappa shape index (κ1) is 21.1. The number of piperazine rings is 1. The first-order valence-electron chi connectivity index (χ1n) is 11.1. The number of aryl methyl sites for hydroxylation is 1. The third-order valence-electron chi connectivity index (χ3n) is 6.51. The molecule has 3 aromatic heterocycles. The summed E-state index contributed by atoms with van der Waals surface area (Å²) in [6.07, 6.45) is 5.21. The van der Waals surface area contributed by atoms with E-state index in [4.69, 9.17) is 5.26 Å². The number of hydrogen-bond acceptors (Lipinski definition) is 7. The fourth-order valence-electron chi connectivity index (χ4n) is 4.71. The summed E-state index contributed by atoms with van der Waals surface area (Å²) in [4.78, 5) is 26.2. The number of benzene rings is 1. The van der Waals surface area contributed by atoms with E-state index in [0.717, 1.165) is 47.4 Å². The molecule has 1 saturated heterocycles. The zero-order valence-electron chi connectivity index (χ0n) is 19.0. The number of hydrogen-bond donors (Lipinski definition) is 0. The van der Waals surface area contributed by atoms with Crippen LogP contribution in [0.15, 0.2) is 47.7 Å². The van der Waals surface area contributed by atoms with E-state index in [-0.39, 0.29) is 24.2 Å². The topological polar surface area (TPSA) is 95.9 Å². The summed E-state index contributed by atoms with van der Waals surface area (Å²) in [5.74, 6) is 0. The van der Waals surface area contributed by atoms with Gasteiger partial charge in [-0.15, -0.1) is 0 Å². The van der Waals surface area contributed by atoms with Gasteiger partial charge in [-0.2, -0.15) is 10.4 Å². The molecular weight excluding hydrogens is 416 g/mol. The molecule has 9 nitrogen and oxygen atoms in total. The Kier molecular flexibility index (Phi) is 5.30. The summed E-state index contributed by atoms with van der Waals surface area (Å²) < 4.78 is 3.19. The molecule has 0 bridgehead atoms. The highest BCUT2D eigenvalue weighted by Crippen LogP contribution is 2.29. The standard InChI is InChI=1S/C24H26N8O/c1-16-13-32(21-11-23(33)29(3)22-15-31(9-6-25)28-24(21)22)17(2)12-30(16)14-18-4-5-19-20(10-18)27-8-7-26-19/h4-5,7-8,10-11,15-17H,9,12-14H2,1-3H3/t16-,17+/m1/s1. The third-order valence-corrected chi connectivity index (χ3v) is 6.51. The molecule has 0 spiro atoms. The van der Waals surface area contributed by atoms with Crippen molar-refractivity contribution in [2.24, 2.45) is 7.05 Å². The molecule has 9 heteroatoms. The number of nitriles is 1. The molecule has 0 unspecified atom stereocenters. The lowest BCUT2D eigenvalue weighted by atomic mass is 10.0. The van der Waals surface area contributed by atoms with Crippen LogP contribution in [0.25, 0.3) is 22.1 Å². The van der Waals surface area contributed by atoms with Gasteiger partial charge < -0.3 is 9.47 Å². The molecule has 0 N–H and O–H groups in total. The Morgan fingerprint density at radius 2 is 1.88 bits per heavy atom. The molecule has 33 heavy (non-hydrogen) atoms. The summed E-state index contributed by atoms with van der Waals surface area (Å²) in [7, 11) is 1.74. The summed E-state index contributed by atoms with van der Waals surface area (Å²) in [6.45, 7) is 7.01. The summed E-state index contributed by atoms with van der Waals surface area (Å²) in [5, 5.41) is 13.7. The fourth-order valence-corrected chi connectivity index (χ4v) is 4.71. The van der Waals surface area contributed by atoms with Crippen LogP contribution in [-0.2, 0) is 20.1 Å². The van der Waals surface area contributed by atoms with E-state index >= 15 is 0 Å². The van der Waals surface area contributed by atoms with E-state index in [2.05, 4.69) is 56.9 Å². The number of rotatable bonds is 4. The molecule has 168 valence electrons. The quantitative estimate of drug-likeness (QED) is 0.478. The minimum atomic E-state index is -0.0754. The van der Waals surface area contributed by atoms with Gasteiger partial charge in [-0.3, -0.25) is 24.3 Å². The van der Waals surface area contributed by atoms with Gasteiger partial charge in [-0.05, 0) is 31.5 Å². The van der Waals surface area contributed by atoms with Gasteiger partial charge in [0.25, 0.3) is 5.56 Å². The Balaban J connectivity index is 1.42. The van der Waals surface area contributed by atoms with E-state index in [1.54, 1.807) is 41.0 Å². The average Bonchev–Trinajstić information content (AvgIpc) is 3.23. The van der Waals surface area contributed by atoms with Crippen molar-refractivity contribution in [1.29, 1.82) is 5.26 Å². The summed E-state index contributed by atoms with van der Waals surface area (Å²) >= 11 is 0. The van der Waals surface area contributed by atoms with Gasteiger partial charge >= 0.3 is 0 Å². The second-order valence-corrected chi connectivity index (χ2v) is 8.80. The number of anilines is 1. The van der Waals surface area contributed by atoms with Crippen LogP contribution in [-0.4, -0.2) is 54.4 Å². The minimum Gasteiger partial charge on any atom is -0.364 e. The van der Waals surface area contributed by atoms with Gasteiger partial charge in [0.05, 0.1) is 34.5 Å². The smallest absolute Gasteiger partial charge is 0.252 e. The normalized spacial score (nSPS) is 19.3. The van der Waals surface area contributed by atoms with Crippen molar-refractivity contribution in [3.05, 3.63) is 58.8 Å². The van der Waals surface area contributed by atoms with Crippen molar-refractivity contribution in [1.82, 2.24) is 29.2 Å². The minimum absolute atomic E-state index is 0.0754. The molecule has 4 heterocycles. The SMILES string of the molecule is C[C@@H]1CN(c2cc(=O)n(C)c3cn(CC#N)nc23)[C@@H](C)CN1Cc1ccc2nccnc2c1. The van der Waals surface area contributed by atoms with E-state index in [9.17, 15) is 4.79 Å². The lowest BCUT2D eigenvalue weighted by Crippen LogP contribution is -2.56. The molecule has 0 amide bonds. The molecular formula is C24H26N8O. The molecule has 1 aromatic carbocycles. The molecule has 4 aromatic rings. The number of pyridine rings is 1. The van der Waals surface area contributed by atoms with Crippen LogP contribution in [0.5, 0.6) is 0 Å². The number of fused-ring (bicyclic) bond motifs is 2. The van der Waals surface area contributed by atoms with Crippen LogP contribution < -0.4 is 10.5 Å². The first-order valence-corrected chi connectivity index (χ1v) is 11.1. The van der Waals surface area contributed by atoms with Crippen molar-refractivity contribution in [3.8, 4) is 6.07 Å². The fraction of sp³-hybridized carbons (Fsp3) is 0.375. The van der Waals surface area contributed by atoms with Gasteiger partial charge in [0.2, 0.25) is 0 Å². The highest BCUT2D eigenvalue weighted by molar-refractivity contribution is 5.88. The predicted octanol–water partition coefficient (Wildman–Crippen LogP) is 2.30. The molecule has 0 aliphatic carbocycles. The van der Waals surface area contributed by atoms with E-state index in [1.165, 1.54) is 5.56 Å². The highest BCUT2D eigenvalue weighted by atomic mass is 16.1. The third kappa shape index (κ3) is 3.83. The van der Waals surface area contributed by atoms with Gasteiger partial charge in [0.15, 0.2) is 0 Å². The second kappa shape index (κ2) is 8.30. The van der Waals surface area contributed by atoms with Crippen molar-refractivity contribution in [2.45, 2.75) is 39.0 Å². The van der Waals surface area contributed by atoms with Crippen molar-refractivity contribution < 1.29 is 0 Å². The van der Waals surface area contributed by atoms with Crippen LogP contribution in [0.3, 0.4) is 0 Å². The average molecular weight is 443 g/mol. The van der Waals surface area contributed by atoms with Crippen LogP contribution >= 0.6 is 0 Å². The Morgan fingerprint density at radius 3 is 2.67 bits per heavy atom. The molecule has 0 saturated carbocycles. The number of nitrogens with zero attached hydrogens (tertiary/aromatic N) is 8. The van der Waals surface area contributed by atoms with Crippen LogP contribution in [0.4, 0.5) is 5.69 Å². The zero-order valence-corrected chi connectivity index (χ0v) is 19.0. The molecule has 0 radical (unpaired) electrons. The maximum absolute atomic E-state index is 12.7. The van der Waals surface area contributed by atoms with E-state index < -0.39 is 0 Å². The maximum Gasteiger partial charge on any atom is 0.252 e. The van der Waals surface area contributed by atoms with Gasteiger partial charge in [-0.1, -0.05) is 6.07 Å².